The first-order valence-electron chi connectivity index (χ1n) is 6.38. The van der Waals surface area contributed by atoms with Gasteiger partial charge in [0.2, 0.25) is 0 Å². The Labute approximate surface area is 117 Å². The molecule has 0 aliphatic heterocycles. The van der Waals surface area contributed by atoms with Crippen LogP contribution in [0.25, 0.3) is 17.0 Å². The van der Waals surface area contributed by atoms with E-state index in [4.69, 9.17) is 4.42 Å². The van der Waals surface area contributed by atoms with Crippen molar-refractivity contribution in [3.8, 4) is 0 Å². The van der Waals surface area contributed by atoms with Crippen molar-refractivity contribution in [1.82, 2.24) is 4.90 Å². The Kier molecular flexibility index (Phi) is 3.74. The summed E-state index contributed by atoms with van der Waals surface area (Å²) in [6.45, 7) is 3.50. The number of allylic oxidation sites excluding steroid dienone is 1. The predicted octanol–water partition coefficient (Wildman–Crippen LogP) is 2.84. The predicted molar refractivity (Wildman–Crippen MR) is 79.9 cm³/mol. The molecule has 1 heterocycles. The van der Waals surface area contributed by atoms with Crippen LogP contribution in [-0.2, 0) is 0 Å². The lowest BCUT2D eigenvalue weighted by molar-refractivity contribution is 0.0796. The zero-order valence-corrected chi connectivity index (χ0v) is 12.1. The fourth-order valence-electron chi connectivity index (χ4n) is 2.05. The Hall–Kier alpha value is -2.36. The Morgan fingerprint density at radius 3 is 2.60 bits per heavy atom. The second-order valence-corrected chi connectivity index (χ2v) is 4.81. The maximum atomic E-state index is 12.4. The summed E-state index contributed by atoms with van der Waals surface area (Å²) < 4.78 is 5.74. The molecule has 0 aliphatic carbocycles. The monoisotopic (exact) mass is 271 g/mol. The summed E-state index contributed by atoms with van der Waals surface area (Å²) in [5.41, 5.74) is 1.41. The van der Waals surface area contributed by atoms with Gasteiger partial charge >= 0.3 is 0 Å². The molecule has 0 saturated carbocycles. The first-order chi connectivity index (χ1) is 9.47. The van der Waals surface area contributed by atoms with Crippen LogP contribution in [-0.4, -0.2) is 24.9 Å². The summed E-state index contributed by atoms with van der Waals surface area (Å²) in [5, 5.41) is 0.494. The Morgan fingerprint density at radius 2 is 2.00 bits per heavy atom. The molecule has 0 aliphatic rings. The number of carbonyl (C=O) groups is 1. The van der Waals surface area contributed by atoms with Crippen molar-refractivity contribution in [3.63, 3.8) is 0 Å². The summed E-state index contributed by atoms with van der Waals surface area (Å²) in [7, 11) is 3.26. The number of para-hydroxylation sites is 1. The molecule has 0 fully saturated rings. The average molecular weight is 271 g/mol. The van der Waals surface area contributed by atoms with Crippen molar-refractivity contribution < 1.29 is 9.21 Å². The molecule has 1 aromatic carbocycles. The zero-order valence-electron chi connectivity index (χ0n) is 12.1. The molecule has 0 spiro atoms. The van der Waals surface area contributed by atoms with Gasteiger partial charge in [-0.1, -0.05) is 24.3 Å². The molecule has 0 unspecified atom stereocenters. The summed E-state index contributed by atoms with van der Waals surface area (Å²) in [4.78, 5) is 25.9. The van der Waals surface area contributed by atoms with Crippen molar-refractivity contribution in [2.24, 2.45) is 0 Å². The van der Waals surface area contributed by atoms with Crippen LogP contribution in [0.15, 0.2) is 33.5 Å². The minimum absolute atomic E-state index is 0.101. The molecule has 0 N–H and O–H groups in total. The highest BCUT2D eigenvalue weighted by atomic mass is 16.3. The molecule has 0 radical (unpaired) electrons. The van der Waals surface area contributed by atoms with Gasteiger partial charge in [0.1, 0.15) is 5.58 Å². The molecule has 104 valence electrons. The van der Waals surface area contributed by atoms with Gasteiger partial charge in [0.25, 0.3) is 5.91 Å². The van der Waals surface area contributed by atoms with Gasteiger partial charge in [0, 0.05) is 25.2 Å². The Bertz CT molecular complexity index is 754. The maximum absolute atomic E-state index is 12.4. The van der Waals surface area contributed by atoms with E-state index in [2.05, 4.69) is 0 Å². The second-order valence-electron chi connectivity index (χ2n) is 4.81. The number of hydrogen-bond acceptors (Lipinski definition) is 3. The van der Waals surface area contributed by atoms with E-state index in [9.17, 15) is 9.59 Å². The molecule has 2 rings (SSSR count). The lowest BCUT2D eigenvalue weighted by atomic mass is 10.1. The highest BCUT2D eigenvalue weighted by Gasteiger charge is 2.19. The number of benzene rings is 1. The summed E-state index contributed by atoms with van der Waals surface area (Å²) in [5.74, 6) is -0.207. The van der Waals surface area contributed by atoms with Crippen LogP contribution in [0, 0.1) is 6.92 Å². The average Bonchev–Trinajstić information content (AvgIpc) is 2.42. The van der Waals surface area contributed by atoms with E-state index in [1.54, 1.807) is 27.1 Å². The minimum Gasteiger partial charge on any atom is -0.450 e. The largest absolute Gasteiger partial charge is 0.450 e. The van der Waals surface area contributed by atoms with E-state index in [0.29, 0.717) is 16.5 Å². The molecule has 4 nitrogen and oxygen atoms in total. The fourth-order valence-corrected chi connectivity index (χ4v) is 2.05. The van der Waals surface area contributed by atoms with Crippen molar-refractivity contribution in [2.45, 2.75) is 13.8 Å². The standard InChI is InChI=1S/C16H17NO3/c1-5-7-11-8-6-9-12-13(18)10(2)14(20-15(11)12)16(19)17(3)4/h5-9H,1-4H3/b7-5-. The van der Waals surface area contributed by atoms with Crippen molar-refractivity contribution >= 4 is 23.0 Å². The van der Waals surface area contributed by atoms with Gasteiger partial charge in [-0.05, 0) is 19.9 Å². The number of carbonyl (C=O) groups excluding carboxylic acids is 1. The van der Waals surface area contributed by atoms with Crippen LogP contribution in [0.1, 0.15) is 28.6 Å². The van der Waals surface area contributed by atoms with Gasteiger partial charge in [0.15, 0.2) is 11.2 Å². The first-order valence-corrected chi connectivity index (χ1v) is 6.38. The van der Waals surface area contributed by atoms with Gasteiger partial charge in [-0.15, -0.1) is 0 Å². The number of nitrogens with zero attached hydrogens (tertiary/aromatic N) is 1. The van der Waals surface area contributed by atoms with E-state index in [0.717, 1.165) is 5.56 Å². The Balaban J connectivity index is 2.87. The zero-order chi connectivity index (χ0) is 14.9. The quantitative estimate of drug-likeness (QED) is 0.844. The van der Waals surface area contributed by atoms with Gasteiger partial charge in [0.05, 0.1) is 5.39 Å². The Morgan fingerprint density at radius 1 is 1.30 bits per heavy atom. The van der Waals surface area contributed by atoms with Gasteiger partial charge in [-0.25, -0.2) is 0 Å². The van der Waals surface area contributed by atoms with Crippen molar-refractivity contribution in [2.75, 3.05) is 14.1 Å². The van der Waals surface area contributed by atoms with E-state index < -0.39 is 0 Å². The molecule has 0 saturated heterocycles. The SMILES string of the molecule is C/C=C\c1cccc2c(=O)c(C)c(C(=O)N(C)C)oc12. The summed E-state index contributed by atoms with van der Waals surface area (Å²) >= 11 is 0. The van der Waals surface area contributed by atoms with Crippen LogP contribution >= 0.6 is 0 Å². The third-order valence-electron chi connectivity index (χ3n) is 3.12. The smallest absolute Gasteiger partial charge is 0.289 e. The third kappa shape index (κ3) is 2.25. The first kappa shape index (κ1) is 14.1. The minimum atomic E-state index is -0.309. The lowest BCUT2D eigenvalue weighted by Crippen LogP contribution is -2.25. The lowest BCUT2D eigenvalue weighted by Gasteiger charge is -2.12. The van der Waals surface area contributed by atoms with Crippen LogP contribution < -0.4 is 5.43 Å². The van der Waals surface area contributed by atoms with E-state index >= 15 is 0 Å². The van der Waals surface area contributed by atoms with Crippen LogP contribution in [0.4, 0.5) is 0 Å². The number of amides is 1. The molecular weight excluding hydrogens is 254 g/mol. The number of hydrogen-bond donors (Lipinski definition) is 0. The molecule has 0 bridgehead atoms. The highest BCUT2D eigenvalue weighted by Crippen LogP contribution is 2.21. The highest BCUT2D eigenvalue weighted by molar-refractivity contribution is 5.95. The molecule has 1 amide bonds. The second kappa shape index (κ2) is 5.33. The van der Waals surface area contributed by atoms with E-state index in [-0.39, 0.29) is 17.1 Å². The van der Waals surface area contributed by atoms with E-state index in [1.807, 2.05) is 31.2 Å². The summed E-state index contributed by atoms with van der Waals surface area (Å²) in [6, 6.07) is 5.37. The normalized spacial score (nSPS) is 11.2. The molecule has 0 atom stereocenters. The van der Waals surface area contributed by atoms with Crippen molar-refractivity contribution in [3.05, 3.63) is 51.4 Å². The van der Waals surface area contributed by atoms with E-state index in [1.165, 1.54) is 4.90 Å². The molecule has 20 heavy (non-hydrogen) atoms. The molecule has 2 aromatic rings. The number of fused-ring (bicyclic) bond motifs is 1. The van der Waals surface area contributed by atoms with Crippen LogP contribution in [0.5, 0.6) is 0 Å². The van der Waals surface area contributed by atoms with Crippen LogP contribution in [0.3, 0.4) is 0 Å². The molecule has 4 heteroatoms. The maximum Gasteiger partial charge on any atom is 0.289 e. The topological polar surface area (TPSA) is 50.5 Å². The summed E-state index contributed by atoms with van der Waals surface area (Å²) in [6.07, 6.45) is 3.71. The van der Waals surface area contributed by atoms with Gasteiger partial charge in [-0.2, -0.15) is 0 Å². The van der Waals surface area contributed by atoms with Crippen molar-refractivity contribution in [1.29, 1.82) is 0 Å². The molecular formula is C16H17NO3. The fraction of sp³-hybridized carbons (Fsp3) is 0.250. The van der Waals surface area contributed by atoms with Gasteiger partial charge in [-0.3, -0.25) is 9.59 Å². The molecule has 1 aromatic heterocycles. The van der Waals surface area contributed by atoms with Gasteiger partial charge < -0.3 is 9.32 Å². The third-order valence-corrected chi connectivity index (χ3v) is 3.12. The number of rotatable bonds is 2. The van der Waals surface area contributed by atoms with Crippen LogP contribution in [0.2, 0.25) is 0 Å².